The Morgan fingerprint density at radius 3 is 2.07 bits per heavy atom. The smallest absolute Gasteiger partial charge is 0.00462 e. The highest BCUT2D eigenvalue weighted by molar-refractivity contribution is 4.90. The van der Waals surface area contributed by atoms with Crippen LogP contribution in [0.1, 0.15) is 39.5 Å². The van der Waals surface area contributed by atoms with Crippen molar-refractivity contribution in [1.29, 1.82) is 0 Å². The normalized spacial score (nSPS) is 19.7. The summed E-state index contributed by atoms with van der Waals surface area (Å²) in [7, 11) is 0. The molecule has 1 aliphatic rings. The Bertz CT molecular complexity index is 185. The van der Waals surface area contributed by atoms with Gasteiger partial charge in [0.15, 0.2) is 0 Å². The SMILES string of the molecule is C/C=C/CC(C/C=C/C)C1CCNCC1. The molecule has 86 valence electrons. The zero-order valence-corrected chi connectivity index (χ0v) is 10.2. The second-order valence-electron chi connectivity index (χ2n) is 4.46. The number of rotatable bonds is 5. The monoisotopic (exact) mass is 207 g/mol. The molecule has 0 unspecified atom stereocenters. The third kappa shape index (κ3) is 4.65. The van der Waals surface area contributed by atoms with Gasteiger partial charge in [0.05, 0.1) is 0 Å². The quantitative estimate of drug-likeness (QED) is 0.680. The largest absolute Gasteiger partial charge is 0.317 e. The molecule has 0 amide bonds. The second-order valence-corrected chi connectivity index (χ2v) is 4.46. The average molecular weight is 207 g/mol. The maximum Gasteiger partial charge on any atom is -0.00462 e. The van der Waals surface area contributed by atoms with E-state index in [0.29, 0.717) is 0 Å². The minimum atomic E-state index is 0.861. The highest BCUT2D eigenvalue weighted by Gasteiger charge is 2.21. The number of hydrogen-bond donors (Lipinski definition) is 1. The number of nitrogens with one attached hydrogen (secondary N) is 1. The van der Waals surface area contributed by atoms with Crippen LogP contribution < -0.4 is 5.32 Å². The zero-order chi connectivity index (χ0) is 10.9. The summed E-state index contributed by atoms with van der Waals surface area (Å²) in [4.78, 5) is 0. The van der Waals surface area contributed by atoms with Crippen molar-refractivity contribution in [1.82, 2.24) is 5.32 Å². The maximum atomic E-state index is 3.45. The fourth-order valence-electron chi connectivity index (χ4n) is 2.42. The molecule has 0 aromatic rings. The molecule has 0 atom stereocenters. The highest BCUT2D eigenvalue weighted by atomic mass is 14.9. The van der Waals surface area contributed by atoms with Crippen molar-refractivity contribution >= 4 is 0 Å². The molecular formula is C14H25N. The van der Waals surface area contributed by atoms with Crippen LogP contribution in [0.15, 0.2) is 24.3 Å². The first-order valence-corrected chi connectivity index (χ1v) is 6.31. The Hall–Kier alpha value is -0.560. The molecule has 1 aliphatic heterocycles. The molecule has 0 aliphatic carbocycles. The number of piperidine rings is 1. The van der Waals surface area contributed by atoms with Crippen LogP contribution in [0, 0.1) is 11.8 Å². The Balaban J connectivity index is 2.44. The summed E-state index contributed by atoms with van der Waals surface area (Å²) in [5, 5.41) is 3.45. The van der Waals surface area contributed by atoms with Crippen molar-refractivity contribution in [3.8, 4) is 0 Å². The molecule has 0 saturated carbocycles. The van der Waals surface area contributed by atoms with E-state index in [0.717, 1.165) is 11.8 Å². The van der Waals surface area contributed by atoms with Gasteiger partial charge in [0, 0.05) is 0 Å². The van der Waals surface area contributed by atoms with E-state index in [1.807, 2.05) is 0 Å². The summed E-state index contributed by atoms with van der Waals surface area (Å²) in [5.41, 5.74) is 0. The van der Waals surface area contributed by atoms with Crippen molar-refractivity contribution in [3.63, 3.8) is 0 Å². The summed E-state index contributed by atoms with van der Waals surface area (Å²) >= 11 is 0. The first-order chi connectivity index (χ1) is 7.38. The number of allylic oxidation sites excluding steroid dienone is 4. The third-order valence-corrected chi connectivity index (χ3v) is 3.40. The van der Waals surface area contributed by atoms with E-state index >= 15 is 0 Å². The Labute approximate surface area is 94.6 Å². The van der Waals surface area contributed by atoms with Crippen LogP contribution in [-0.2, 0) is 0 Å². The van der Waals surface area contributed by atoms with Crippen molar-refractivity contribution in [2.45, 2.75) is 39.5 Å². The van der Waals surface area contributed by atoms with E-state index in [9.17, 15) is 0 Å². The molecule has 0 radical (unpaired) electrons. The topological polar surface area (TPSA) is 12.0 Å². The van der Waals surface area contributed by atoms with Crippen molar-refractivity contribution < 1.29 is 0 Å². The fraction of sp³-hybridized carbons (Fsp3) is 0.714. The zero-order valence-electron chi connectivity index (χ0n) is 10.2. The molecule has 1 rings (SSSR count). The molecule has 0 aromatic carbocycles. The van der Waals surface area contributed by atoms with E-state index < -0.39 is 0 Å². The van der Waals surface area contributed by atoms with E-state index in [1.54, 1.807) is 0 Å². The van der Waals surface area contributed by atoms with E-state index in [1.165, 1.54) is 38.8 Å². The first-order valence-electron chi connectivity index (χ1n) is 6.31. The standard InChI is InChI=1S/C14H25N/c1-3-5-7-13(8-6-4-2)14-9-11-15-12-10-14/h3-6,13-15H,7-12H2,1-2H3/b5-3+,6-4+. The number of hydrogen-bond acceptors (Lipinski definition) is 1. The van der Waals surface area contributed by atoms with Gasteiger partial charge in [-0.25, -0.2) is 0 Å². The van der Waals surface area contributed by atoms with Gasteiger partial charge in [-0.1, -0.05) is 24.3 Å². The maximum absolute atomic E-state index is 3.45. The lowest BCUT2D eigenvalue weighted by Crippen LogP contribution is -2.31. The summed E-state index contributed by atoms with van der Waals surface area (Å²) in [5.74, 6) is 1.79. The van der Waals surface area contributed by atoms with Crippen LogP contribution in [0.25, 0.3) is 0 Å². The van der Waals surface area contributed by atoms with Gasteiger partial charge in [-0.05, 0) is 64.5 Å². The van der Waals surface area contributed by atoms with Crippen LogP contribution in [-0.4, -0.2) is 13.1 Å². The van der Waals surface area contributed by atoms with Crippen molar-refractivity contribution in [2.75, 3.05) is 13.1 Å². The minimum Gasteiger partial charge on any atom is -0.317 e. The summed E-state index contributed by atoms with van der Waals surface area (Å²) in [6, 6.07) is 0. The summed E-state index contributed by atoms with van der Waals surface area (Å²) in [6.45, 7) is 6.67. The van der Waals surface area contributed by atoms with Crippen LogP contribution in [0.5, 0.6) is 0 Å². The Morgan fingerprint density at radius 2 is 1.60 bits per heavy atom. The van der Waals surface area contributed by atoms with E-state index in [-0.39, 0.29) is 0 Å². The second kappa shape index (κ2) is 7.70. The fourth-order valence-corrected chi connectivity index (χ4v) is 2.42. The highest BCUT2D eigenvalue weighted by Crippen LogP contribution is 2.28. The lowest BCUT2D eigenvalue weighted by Gasteiger charge is -2.29. The molecule has 0 bridgehead atoms. The molecule has 1 saturated heterocycles. The molecule has 15 heavy (non-hydrogen) atoms. The molecule has 1 heterocycles. The Kier molecular flexibility index (Phi) is 6.42. The van der Waals surface area contributed by atoms with Crippen molar-refractivity contribution in [3.05, 3.63) is 24.3 Å². The average Bonchev–Trinajstić information content (AvgIpc) is 2.30. The van der Waals surface area contributed by atoms with Crippen LogP contribution >= 0.6 is 0 Å². The van der Waals surface area contributed by atoms with Gasteiger partial charge in [-0.15, -0.1) is 0 Å². The molecule has 1 nitrogen and oxygen atoms in total. The molecule has 1 fully saturated rings. The van der Waals surface area contributed by atoms with Gasteiger partial charge in [-0.2, -0.15) is 0 Å². The lowest BCUT2D eigenvalue weighted by molar-refractivity contribution is 0.261. The van der Waals surface area contributed by atoms with Crippen LogP contribution in [0.4, 0.5) is 0 Å². The van der Waals surface area contributed by atoms with E-state index in [4.69, 9.17) is 0 Å². The molecule has 1 N–H and O–H groups in total. The van der Waals surface area contributed by atoms with Gasteiger partial charge in [-0.3, -0.25) is 0 Å². The van der Waals surface area contributed by atoms with Gasteiger partial charge >= 0.3 is 0 Å². The first kappa shape index (κ1) is 12.5. The van der Waals surface area contributed by atoms with Gasteiger partial charge in [0.25, 0.3) is 0 Å². The van der Waals surface area contributed by atoms with Gasteiger partial charge in [0.1, 0.15) is 0 Å². The molecule has 1 heteroatoms. The summed E-state index contributed by atoms with van der Waals surface area (Å²) in [6.07, 6.45) is 14.3. The Morgan fingerprint density at radius 1 is 1.07 bits per heavy atom. The van der Waals surface area contributed by atoms with Gasteiger partial charge in [0.2, 0.25) is 0 Å². The predicted molar refractivity (Wildman–Crippen MR) is 67.9 cm³/mol. The third-order valence-electron chi connectivity index (χ3n) is 3.40. The summed E-state index contributed by atoms with van der Waals surface area (Å²) < 4.78 is 0. The minimum absolute atomic E-state index is 0.861. The van der Waals surface area contributed by atoms with Gasteiger partial charge < -0.3 is 5.32 Å². The molecule has 0 aromatic heterocycles. The predicted octanol–water partition coefficient (Wildman–Crippen LogP) is 3.53. The molecular weight excluding hydrogens is 182 g/mol. The molecule has 0 spiro atoms. The lowest BCUT2D eigenvalue weighted by atomic mass is 9.81. The van der Waals surface area contributed by atoms with Crippen LogP contribution in [0.3, 0.4) is 0 Å². The van der Waals surface area contributed by atoms with E-state index in [2.05, 4.69) is 43.5 Å². The van der Waals surface area contributed by atoms with Crippen molar-refractivity contribution in [2.24, 2.45) is 11.8 Å². The van der Waals surface area contributed by atoms with Crippen LogP contribution in [0.2, 0.25) is 0 Å².